The van der Waals surface area contributed by atoms with E-state index in [9.17, 15) is 0 Å². The van der Waals surface area contributed by atoms with Crippen LogP contribution in [0.4, 0.5) is 0 Å². The van der Waals surface area contributed by atoms with Crippen LogP contribution in [0.5, 0.6) is 0 Å². The molecule has 0 aromatic heterocycles. The van der Waals surface area contributed by atoms with Gasteiger partial charge < -0.3 is 5.32 Å². The zero-order valence-electron chi connectivity index (χ0n) is 5.67. The average Bonchev–Trinajstić information content (AvgIpc) is 1.89. The second-order valence-electron chi connectivity index (χ2n) is 1.43. The summed E-state index contributed by atoms with van der Waals surface area (Å²) in [6.45, 7) is 6.05. The number of allylic oxidation sites excluding steroid dienone is 2. The Hall–Kier alpha value is -1.05. The van der Waals surface area contributed by atoms with Crippen molar-refractivity contribution < 1.29 is 0 Å². The van der Waals surface area contributed by atoms with Crippen molar-refractivity contribution in [3.05, 3.63) is 24.9 Å². The maximum Gasteiger partial charge on any atom is 0.107 e. The maximum atomic E-state index is 3.92. The Balaban J connectivity index is 3.08. The number of nitrogens with zero attached hydrogens (tertiary/aromatic N) is 1. The minimum Gasteiger partial charge on any atom is -0.373 e. The Bertz CT molecular complexity index is 114. The summed E-state index contributed by atoms with van der Waals surface area (Å²) >= 11 is 0. The van der Waals surface area contributed by atoms with Crippen LogP contribution >= 0.6 is 0 Å². The van der Waals surface area contributed by atoms with E-state index in [1.165, 1.54) is 0 Å². The van der Waals surface area contributed by atoms with Crippen molar-refractivity contribution in [2.24, 2.45) is 4.99 Å². The molecule has 0 amide bonds. The largest absolute Gasteiger partial charge is 0.373 e. The highest BCUT2D eigenvalue weighted by molar-refractivity contribution is 5.69. The fourth-order valence-corrected chi connectivity index (χ4v) is 0.351. The van der Waals surface area contributed by atoms with Crippen molar-refractivity contribution in [1.82, 2.24) is 5.32 Å². The monoisotopic (exact) mass is 124 g/mol. The van der Waals surface area contributed by atoms with Crippen LogP contribution < -0.4 is 5.32 Å². The van der Waals surface area contributed by atoms with Crippen molar-refractivity contribution >= 4 is 6.21 Å². The minimum atomic E-state index is 0.621. The summed E-state index contributed by atoms with van der Waals surface area (Å²) in [5, 5.41) is 2.94. The third-order valence-electron chi connectivity index (χ3n) is 0.678. The molecular weight excluding hydrogens is 112 g/mol. The van der Waals surface area contributed by atoms with Crippen molar-refractivity contribution in [2.75, 3.05) is 6.67 Å². The first-order valence-corrected chi connectivity index (χ1v) is 2.87. The van der Waals surface area contributed by atoms with Crippen LogP contribution in [-0.4, -0.2) is 12.9 Å². The molecule has 0 saturated heterocycles. The number of nitrogens with one attached hydrogen (secondary N) is 1. The highest BCUT2D eigenvalue weighted by Crippen LogP contribution is 1.65. The van der Waals surface area contributed by atoms with Crippen LogP contribution in [0.3, 0.4) is 0 Å². The molecule has 2 nitrogen and oxygen atoms in total. The summed E-state index contributed by atoms with van der Waals surface area (Å²) in [5.74, 6) is 0. The highest BCUT2D eigenvalue weighted by atomic mass is 15.0. The first-order valence-electron chi connectivity index (χ1n) is 2.87. The number of hydrogen-bond acceptors (Lipinski definition) is 2. The van der Waals surface area contributed by atoms with Gasteiger partial charge in [0.15, 0.2) is 0 Å². The van der Waals surface area contributed by atoms with Gasteiger partial charge in [-0.25, -0.2) is 0 Å². The first kappa shape index (κ1) is 7.95. The molecule has 0 rings (SSSR count). The Morgan fingerprint density at radius 1 is 1.67 bits per heavy atom. The van der Waals surface area contributed by atoms with E-state index in [2.05, 4.69) is 16.9 Å². The lowest BCUT2D eigenvalue weighted by Crippen LogP contribution is -2.03. The summed E-state index contributed by atoms with van der Waals surface area (Å²) in [4.78, 5) is 3.92. The Kier molecular flexibility index (Phi) is 6.14. The van der Waals surface area contributed by atoms with Crippen molar-refractivity contribution in [3.8, 4) is 0 Å². The van der Waals surface area contributed by atoms with E-state index in [0.717, 1.165) is 0 Å². The van der Waals surface area contributed by atoms with Gasteiger partial charge in [-0.05, 0) is 13.1 Å². The van der Waals surface area contributed by atoms with E-state index >= 15 is 0 Å². The summed E-state index contributed by atoms with van der Waals surface area (Å²) in [6.07, 6.45) is 7.08. The molecule has 0 spiro atoms. The van der Waals surface area contributed by atoms with Gasteiger partial charge in [-0.2, -0.15) is 0 Å². The van der Waals surface area contributed by atoms with Crippen LogP contribution in [-0.2, 0) is 0 Å². The molecule has 1 N–H and O–H groups in total. The Labute approximate surface area is 56.0 Å². The molecule has 0 aliphatic rings. The zero-order chi connectivity index (χ0) is 6.95. The Morgan fingerprint density at radius 3 is 3.00 bits per heavy atom. The van der Waals surface area contributed by atoms with Gasteiger partial charge >= 0.3 is 0 Å². The van der Waals surface area contributed by atoms with Crippen molar-refractivity contribution in [2.45, 2.75) is 6.92 Å². The predicted molar refractivity (Wildman–Crippen MR) is 41.5 cm³/mol. The van der Waals surface area contributed by atoms with Crippen molar-refractivity contribution in [3.63, 3.8) is 0 Å². The maximum absolute atomic E-state index is 3.92. The molecule has 0 aliphatic carbocycles. The molecule has 0 aromatic carbocycles. The van der Waals surface area contributed by atoms with E-state index < -0.39 is 0 Å². The van der Waals surface area contributed by atoms with Gasteiger partial charge in [-0.3, -0.25) is 4.99 Å². The van der Waals surface area contributed by atoms with Crippen LogP contribution in [0.2, 0.25) is 0 Å². The fraction of sp³-hybridized carbons (Fsp3) is 0.286. The van der Waals surface area contributed by atoms with Gasteiger partial charge in [0.2, 0.25) is 0 Å². The van der Waals surface area contributed by atoms with E-state index in [1.807, 2.05) is 19.2 Å². The zero-order valence-corrected chi connectivity index (χ0v) is 5.67. The quantitative estimate of drug-likeness (QED) is 0.443. The van der Waals surface area contributed by atoms with E-state index in [1.54, 1.807) is 12.3 Å². The van der Waals surface area contributed by atoms with Crippen LogP contribution in [0.15, 0.2) is 29.9 Å². The molecule has 0 aromatic rings. The number of rotatable bonds is 4. The molecule has 50 valence electrons. The van der Waals surface area contributed by atoms with Crippen molar-refractivity contribution in [1.29, 1.82) is 0 Å². The second-order valence-corrected chi connectivity index (χ2v) is 1.43. The van der Waals surface area contributed by atoms with Gasteiger partial charge in [0.25, 0.3) is 0 Å². The molecule has 0 saturated carbocycles. The lowest BCUT2D eigenvalue weighted by Gasteiger charge is -1.89. The number of aliphatic imine (C=N–C) groups is 1. The smallest absolute Gasteiger partial charge is 0.107 e. The molecule has 9 heavy (non-hydrogen) atoms. The molecule has 0 aliphatic heterocycles. The van der Waals surface area contributed by atoms with E-state index in [0.29, 0.717) is 6.67 Å². The molecule has 0 radical (unpaired) electrons. The minimum absolute atomic E-state index is 0.621. The third kappa shape index (κ3) is 6.95. The highest BCUT2D eigenvalue weighted by Gasteiger charge is 1.66. The van der Waals surface area contributed by atoms with Crippen LogP contribution in [0.25, 0.3) is 0 Å². The Morgan fingerprint density at radius 2 is 2.44 bits per heavy atom. The molecule has 2 heteroatoms. The van der Waals surface area contributed by atoms with Gasteiger partial charge in [-0.1, -0.05) is 18.7 Å². The molecule has 0 atom stereocenters. The van der Waals surface area contributed by atoms with Crippen LogP contribution in [0.1, 0.15) is 6.92 Å². The van der Waals surface area contributed by atoms with Crippen LogP contribution in [0, 0.1) is 0 Å². The topological polar surface area (TPSA) is 24.4 Å². The summed E-state index contributed by atoms with van der Waals surface area (Å²) in [5.41, 5.74) is 0. The summed E-state index contributed by atoms with van der Waals surface area (Å²) in [6, 6.07) is 0. The fourth-order valence-electron chi connectivity index (χ4n) is 0.351. The molecule has 0 unspecified atom stereocenters. The molecule has 0 heterocycles. The van der Waals surface area contributed by atoms with E-state index in [-0.39, 0.29) is 0 Å². The molecule has 0 bridgehead atoms. The summed E-state index contributed by atoms with van der Waals surface area (Å²) < 4.78 is 0. The van der Waals surface area contributed by atoms with Gasteiger partial charge in [0.05, 0.1) is 0 Å². The predicted octanol–water partition coefficient (Wildman–Crippen LogP) is 1.32. The lowest BCUT2D eigenvalue weighted by atomic mass is 10.7. The molecular formula is C7H12N2. The molecule has 0 fully saturated rings. The first-order chi connectivity index (χ1) is 4.41. The second kappa shape index (κ2) is 6.95. The SMILES string of the molecule is C=CC=NCN/C=C\C. The number of hydrogen-bond donors (Lipinski definition) is 1. The van der Waals surface area contributed by atoms with Gasteiger partial charge in [0.1, 0.15) is 6.67 Å². The van der Waals surface area contributed by atoms with Gasteiger partial charge in [0, 0.05) is 6.21 Å². The van der Waals surface area contributed by atoms with Gasteiger partial charge in [-0.15, -0.1) is 0 Å². The standard InChI is InChI=1S/C7H12N2/c1-3-5-8-7-9-6-4-2/h3-6,9H,1,7H2,2H3/b6-4-,8-5?. The average molecular weight is 124 g/mol. The lowest BCUT2D eigenvalue weighted by molar-refractivity contribution is 0.887. The normalized spacial score (nSPS) is 10.8. The third-order valence-corrected chi connectivity index (χ3v) is 0.678. The summed E-state index contributed by atoms with van der Waals surface area (Å²) in [7, 11) is 0. The van der Waals surface area contributed by atoms with E-state index in [4.69, 9.17) is 0 Å².